The van der Waals surface area contributed by atoms with E-state index in [4.69, 9.17) is 5.26 Å². The average molecular weight is 217 g/mol. The van der Waals surface area contributed by atoms with Gasteiger partial charge in [0.15, 0.2) is 0 Å². The van der Waals surface area contributed by atoms with Crippen LogP contribution in [0.15, 0.2) is 12.1 Å². The molecule has 3 nitrogen and oxygen atoms in total. The molecule has 0 saturated carbocycles. The average Bonchev–Trinajstić information content (AvgIpc) is 2.28. The molecule has 3 heteroatoms. The molecule has 0 amide bonds. The second kappa shape index (κ2) is 5.32. The number of ether oxygens (including phenoxy) is 1. The van der Waals surface area contributed by atoms with Crippen LogP contribution in [-0.2, 0) is 22.4 Å². The molecule has 0 saturated heterocycles. The molecule has 0 atom stereocenters. The van der Waals surface area contributed by atoms with Crippen LogP contribution in [0.5, 0.6) is 0 Å². The molecule has 1 aromatic carbocycles. The quantitative estimate of drug-likeness (QED) is 0.729. The van der Waals surface area contributed by atoms with Gasteiger partial charge in [-0.15, -0.1) is 0 Å². The fraction of sp³-hybridized carbons (Fsp3) is 0.385. The second-order valence-electron chi connectivity index (χ2n) is 3.66. The largest absolute Gasteiger partial charge is 0.469 e. The standard InChI is InChI=1S/C13H15NO2/c1-4-12-9(2)5-10(6-11(12)8-14)7-13(15)16-3/h5-6H,4,7H2,1-3H3. The van der Waals surface area contributed by atoms with Crippen molar-refractivity contribution in [2.24, 2.45) is 0 Å². The summed E-state index contributed by atoms with van der Waals surface area (Å²) >= 11 is 0. The maximum absolute atomic E-state index is 11.1. The molecular weight excluding hydrogens is 202 g/mol. The number of aryl methyl sites for hydroxylation is 1. The smallest absolute Gasteiger partial charge is 0.309 e. The predicted molar refractivity (Wildman–Crippen MR) is 61.0 cm³/mol. The summed E-state index contributed by atoms with van der Waals surface area (Å²) in [6.07, 6.45) is 1.04. The first-order valence-electron chi connectivity index (χ1n) is 5.21. The third kappa shape index (κ3) is 2.60. The molecule has 0 N–H and O–H groups in total. The summed E-state index contributed by atoms with van der Waals surface area (Å²) in [4.78, 5) is 11.1. The number of hydrogen-bond donors (Lipinski definition) is 0. The van der Waals surface area contributed by atoms with Crippen molar-refractivity contribution in [3.05, 3.63) is 34.4 Å². The van der Waals surface area contributed by atoms with E-state index in [9.17, 15) is 4.79 Å². The zero-order chi connectivity index (χ0) is 12.1. The fourth-order valence-electron chi connectivity index (χ4n) is 1.80. The molecule has 84 valence electrons. The van der Waals surface area contributed by atoms with Crippen LogP contribution >= 0.6 is 0 Å². The summed E-state index contributed by atoms with van der Waals surface area (Å²) in [5.41, 5.74) is 3.59. The van der Waals surface area contributed by atoms with Crippen LogP contribution in [0.25, 0.3) is 0 Å². The highest BCUT2D eigenvalue weighted by molar-refractivity contribution is 5.72. The van der Waals surface area contributed by atoms with Crippen LogP contribution < -0.4 is 0 Å². The normalized spacial score (nSPS) is 9.62. The number of rotatable bonds is 3. The molecule has 1 aromatic rings. The molecule has 0 aliphatic carbocycles. The Morgan fingerprint density at radius 2 is 2.19 bits per heavy atom. The van der Waals surface area contributed by atoms with Gasteiger partial charge in [-0.25, -0.2) is 0 Å². The number of methoxy groups -OCH3 is 1. The molecule has 0 heterocycles. The highest BCUT2D eigenvalue weighted by atomic mass is 16.5. The molecule has 1 rings (SSSR count). The number of nitriles is 1. The van der Waals surface area contributed by atoms with E-state index in [1.807, 2.05) is 19.9 Å². The Bertz CT molecular complexity index is 444. The lowest BCUT2D eigenvalue weighted by Crippen LogP contribution is -2.06. The maximum atomic E-state index is 11.1. The van der Waals surface area contributed by atoms with Gasteiger partial charge in [0.05, 0.1) is 25.2 Å². The first-order valence-corrected chi connectivity index (χ1v) is 5.21. The zero-order valence-electron chi connectivity index (χ0n) is 9.83. The van der Waals surface area contributed by atoms with Gasteiger partial charge in [0.1, 0.15) is 0 Å². The van der Waals surface area contributed by atoms with E-state index in [0.29, 0.717) is 5.56 Å². The van der Waals surface area contributed by atoms with Gasteiger partial charge in [-0.2, -0.15) is 5.26 Å². The SMILES string of the molecule is CCc1c(C)cc(CC(=O)OC)cc1C#N. The molecule has 0 bridgehead atoms. The Balaban J connectivity index is 3.12. The fourth-order valence-corrected chi connectivity index (χ4v) is 1.80. The van der Waals surface area contributed by atoms with Crippen LogP contribution in [0.3, 0.4) is 0 Å². The summed E-state index contributed by atoms with van der Waals surface area (Å²) in [6, 6.07) is 5.87. The number of carbonyl (C=O) groups is 1. The van der Waals surface area contributed by atoms with Crippen molar-refractivity contribution in [2.75, 3.05) is 7.11 Å². The third-order valence-corrected chi connectivity index (χ3v) is 2.58. The lowest BCUT2D eigenvalue weighted by Gasteiger charge is -2.08. The number of nitrogens with zero attached hydrogens (tertiary/aromatic N) is 1. The Morgan fingerprint density at radius 1 is 1.50 bits per heavy atom. The van der Waals surface area contributed by atoms with Crippen LogP contribution in [-0.4, -0.2) is 13.1 Å². The van der Waals surface area contributed by atoms with Gasteiger partial charge in [0, 0.05) is 0 Å². The molecule has 0 fully saturated rings. The summed E-state index contributed by atoms with van der Waals surface area (Å²) in [5, 5.41) is 9.02. The summed E-state index contributed by atoms with van der Waals surface area (Å²) in [5.74, 6) is -0.285. The first kappa shape index (κ1) is 12.3. The minimum absolute atomic E-state index is 0.218. The Hall–Kier alpha value is -1.82. The van der Waals surface area contributed by atoms with Crippen molar-refractivity contribution in [1.29, 1.82) is 5.26 Å². The Morgan fingerprint density at radius 3 is 2.69 bits per heavy atom. The molecule has 0 aliphatic heterocycles. The van der Waals surface area contributed by atoms with Gasteiger partial charge in [-0.3, -0.25) is 4.79 Å². The van der Waals surface area contributed by atoms with E-state index < -0.39 is 0 Å². The molecule has 16 heavy (non-hydrogen) atoms. The molecule has 0 unspecified atom stereocenters. The van der Waals surface area contributed by atoms with Crippen molar-refractivity contribution in [3.63, 3.8) is 0 Å². The van der Waals surface area contributed by atoms with Gasteiger partial charge in [-0.05, 0) is 36.1 Å². The minimum Gasteiger partial charge on any atom is -0.469 e. The summed E-state index contributed by atoms with van der Waals surface area (Å²) in [6.45, 7) is 3.98. The number of benzene rings is 1. The lowest BCUT2D eigenvalue weighted by atomic mass is 9.96. The molecule has 0 aliphatic rings. The van der Waals surface area contributed by atoms with Crippen LogP contribution in [0.1, 0.15) is 29.2 Å². The van der Waals surface area contributed by atoms with Gasteiger partial charge in [0.25, 0.3) is 0 Å². The second-order valence-corrected chi connectivity index (χ2v) is 3.66. The van der Waals surface area contributed by atoms with Crippen LogP contribution in [0, 0.1) is 18.3 Å². The minimum atomic E-state index is -0.285. The number of carbonyl (C=O) groups excluding carboxylic acids is 1. The zero-order valence-corrected chi connectivity index (χ0v) is 9.83. The topological polar surface area (TPSA) is 50.1 Å². The van der Waals surface area contributed by atoms with E-state index in [1.165, 1.54) is 7.11 Å². The van der Waals surface area contributed by atoms with E-state index >= 15 is 0 Å². The molecule has 0 aromatic heterocycles. The van der Waals surface area contributed by atoms with Crippen LogP contribution in [0.2, 0.25) is 0 Å². The highest BCUT2D eigenvalue weighted by Gasteiger charge is 2.09. The number of hydrogen-bond acceptors (Lipinski definition) is 3. The number of esters is 1. The lowest BCUT2D eigenvalue weighted by molar-refractivity contribution is -0.139. The molecule has 0 radical (unpaired) electrons. The van der Waals surface area contributed by atoms with E-state index in [0.717, 1.165) is 23.1 Å². The van der Waals surface area contributed by atoms with Gasteiger partial charge in [0.2, 0.25) is 0 Å². The van der Waals surface area contributed by atoms with Crippen molar-refractivity contribution in [1.82, 2.24) is 0 Å². The Kier molecular flexibility index (Phi) is 4.07. The predicted octanol–water partition coefficient (Wildman–Crippen LogP) is 2.14. The Labute approximate surface area is 95.7 Å². The van der Waals surface area contributed by atoms with E-state index in [1.54, 1.807) is 6.07 Å². The maximum Gasteiger partial charge on any atom is 0.309 e. The van der Waals surface area contributed by atoms with Gasteiger partial charge < -0.3 is 4.74 Å². The van der Waals surface area contributed by atoms with Crippen molar-refractivity contribution < 1.29 is 9.53 Å². The van der Waals surface area contributed by atoms with Crippen molar-refractivity contribution in [2.45, 2.75) is 26.7 Å². The van der Waals surface area contributed by atoms with E-state index in [2.05, 4.69) is 10.8 Å². The highest BCUT2D eigenvalue weighted by Crippen LogP contribution is 2.18. The summed E-state index contributed by atoms with van der Waals surface area (Å²) in [7, 11) is 1.36. The van der Waals surface area contributed by atoms with Crippen molar-refractivity contribution in [3.8, 4) is 6.07 Å². The first-order chi connectivity index (χ1) is 7.62. The van der Waals surface area contributed by atoms with Crippen molar-refractivity contribution >= 4 is 5.97 Å². The van der Waals surface area contributed by atoms with Gasteiger partial charge >= 0.3 is 5.97 Å². The molecule has 0 spiro atoms. The van der Waals surface area contributed by atoms with E-state index in [-0.39, 0.29) is 12.4 Å². The molecular formula is C13H15NO2. The summed E-state index contributed by atoms with van der Waals surface area (Å²) < 4.78 is 4.60. The van der Waals surface area contributed by atoms with Gasteiger partial charge in [-0.1, -0.05) is 13.0 Å². The third-order valence-electron chi connectivity index (χ3n) is 2.58. The van der Waals surface area contributed by atoms with Crippen LogP contribution in [0.4, 0.5) is 0 Å². The monoisotopic (exact) mass is 217 g/mol.